The third kappa shape index (κ3) is 3.95. The van der Waals surface area contributed by atoms with Crippen molar-refractivity contribution < 1.29 is 19.2 Å². The van der Waals surface area contributed by atoms with Gasteiger partial charge < -0.3 is 9.64 Å². The second kappa shape index (κ2) is 7.31. The Morgan fingerprint density at radius 2 is 2.15 bits per heavy atom. The number of anilines is 1. The number of ether oxygens (including phenoxy) is 1. The van der Waals surface area contributed by atoms with E-state index in [9.17, 15) is 19.7 Å². The van der Waals surface area contributed by atoms with Gasteiger partial charge in [0.1, 0.15) is 12.3 Å². The van der Waals surface area contributed by atoms with Crippen LogP contribution >= 0.6 is 0 Å². The number of carbonyl (C=O) groups is 2. The summed E-state index contributed by atoms with van der Waals surface area (Å²) in [7, 11) is 0. The normalized spacial score (nSPS) is 16.3. The molecule has 1 fully saturated rings. The Morgan fingerprint density at radius 1 is 1.42 bits per heavy atom. The smallest absolute Gasteiger partial charge is 0.271 e. The van der Waals surface area contributed by atoms with E-state index in [1.807, 2.05) is 4.90 Å². The Morgan fingerprint density at radius 3 is 2.77 bits per heavy atom. The molecule has 0 spiro atoms. The minimum atomic E-state index is -0.529. The summed E-state index contributed by atoms with van der Waals surface area (Å²) in [5, 5.41) is 11.0. The fraction of sp³-hybridized carbons (Fsp3) is 0.556. The van der Waals surface area contributed by atoms with Gasteiger partial charge >= 0.3 is 0 Å². The zero-order valence-electron chi connectivity index (χ0n) is 15.0. The van der Waals surface area contributed by atoms with Crippen molar-refractivity contribution in [2.24, 2.45) is 5.92 Å². The van der Waals surface area contributed by atoms with Gasteiger partial charge in [-0.25, -0.2) is 0 Å². The Bertz CT molecular complexity index is 730. The number of non-ortho nitro benzene ring substituents is 1. The molecule has 8 nitrogen and oxygen atoms in total. The molecule has 0 aromatic heterocycles. The number of fused-ring (bicyclic) bond motifs is 1. The van der Waals surface area contributed by atoms with Gasteiger partial charge in [-0.3, -0.25) is 24.6 Å². The molecule has 8 heteroatoms. The molecule has 2 amide bonds. The zero-order chi connectivity index (χ0) is 18.8. The lowest BCUT2D eigenvalue weighted by Crippen LogP contribution is -2.47. The maximum atomic E-state index is 12.8. The summed E-state index contributed by atoms with van der Waals surface area (Å²) in [4.78, 5) is 38.8. The highest BCUT2D eigenvalue weighted by molar-refractivity contribution is 6.02. The van der Waals surface area contributed by atoms with Crippen LogP contribution in [0.4, 0.5) is 11.4 Å². The maximum absolute atomic E-state index is 12.8. The molecule has 1 heterocycles. The number of nitrogens with zero attached hydrogens (tertiary/aromatic N) is 3. The Labute approximate surface area is 151 Å². The number of nitro groups is 1. The molecule has 26 heavy (non-hydrogen) atoms. The largest absolute Gasteiger partial charge is 0.482 e. The van der Waals surface area contributed by atoms with Crippen LogP contribution in [0.5, 0.6) is 5.75 Å². The standard InChI is InChI=1S/C18H23N3O5/c1-12(2)7-8-19(13-3-4-13)17(22)10-20-15-9-14(21(24)25)5-6-16(15)26-11-18(20)23/h5-6,9,12-13H,3-4,7-8,10-11H2,1-2H3. The molecule has 140 valence electrons. The number of nitro benzene ring substituents is 1. The predicted molar refractivity (Wildman–Crippen MR) is 95.1 cm³/mol. The number of hydrogen-bond acceptors (Lipinski definition) is 5. The summed E-state index contributed by atoms with van der Waals surface area (Å²) in [5.74, 6) is 0.368. The Hall–Kier alpha value is -2.64. The molecule has 0 saturated heterocycles. The van der Waals surface area contributed by atoms with Crippen molar-refractivity contribution in [3.8, 4) is 5.75 Å². The van der Waals surface area contributed by atoms with Gasteiger partial charge in [0.05, 0.1) is 10.6 Å². The number of amides is 2. The van der Waals surface area contributed by atoms with E-state index < -0.39 is 4.92 Å². The first kappa shape index (κ1) is 18.2. The average Bonchev–Trinajstić information content (AvgIpc) is 3.41. The molecule has 1 saturated carbocycles. The molecule has 1 aromatic carbocycles. The van der Waals surface area contributed by atoms with Crippen LogP contribution in [0.1, 0.15) is 33.1 Å². The Balaban J connectivity index is 1.80. The molecular weight excluding hydrogens is 338 g/mol. The van der Waals surface area contributed by atoms with Crippen LogP contribution in [0.3, 0.4) is 0 Å². The minimum absolute atomic E-state index is 0.120. The number of benzene rings is 1. The minimum Gasteiger partial charge on any atom is -0.482 e. The van der Waals surface area contributed by atoms with Crippen LogP contribution in [0, 0.1) is 16.0 Å². The lowest BCUT2D eigenvalue weighted by atomic mass is 10.1. The van der Waals surface area contributed by atoms with Crippen molar-refractivity contribution in [1.82, 2.24) is 4.90 Å². The molecular formula is C18H23N3O5. The van der Waals surface area contributed by atoms with Crippen LogP contribution in [-0.4, -0.2) is 47.4 Å². The second-order valence-electron chi connectivity index (χ2n) is 7.18. The molecule has 1 aliphatic heterocycles. The second-order valence-corrected chi connectivity index (χ2v) is 7.18. The van der Waals surface area contributed by atoms with E-state index in [0.29, 0.717) is 18.2 Å². The van der Waals surface area contributed by atoms with Gasteiger partial charge in [0.25, 0.3) is 11.6 Å². The first-order valence-corrected chi connectivity index (χ1v) is 8.88. The molecule has 0 N–H and O–H groups in total. The van der Waals surface area contributed by atoms with Crippen molar-refractivity contribution in [2.45, 2.75) is 39.2 Å². The van der Waals surface area contributed by atoms with Crippen LogP contribution in [0.15, 0.2) is 18.2 Å². The third-order valence-corrected chi connectivity index (χ3v) is 4.65. The summed E-state index contributed by atoms with van der Waals surface area (Å²) in [6.07, 6.45) is 2.88. The van der Waals surface area contributed by atoms with Crippen LogP contribution in [0.2, 0.25) is 0 Å². The monoisotopic (exact) mass is 361 g/mol. The van der Waals surface area contributed by atoms with Crippen molar-refractivity contribution in [1.29, 1.82) is 0 Å². The van der Waals surface area contributed by atoms with Gasteiger partial charge in [0, 0.05) is 24.7 Å². The molecule has 0 atom stereocenters. The summed E-state index contributed by atoms with van der Waals surface area (Å²) in [6.45, 7) is 4.59. The lowest BCUT2D eigenvalue weighted by Gasteiger charge is -2.31. The third-order valence-electron chi connectivity index (χ3n) is 4.65. The molecule has 0 radical (unpaired) electrons. The van der Waals surface area contributed by atoms with E-state index in [0.717, 1.165) is 19.3 Å². The molecule has 3 rings (SSSR count). The SMILES string of the molecule is CC(C)CCN(C(=O)CN1C(=O)COc2ccc([N+](=O)[O-])cc21)C1CC1. The topological polar surface area (TPSA) is 93.0 Å². The summed E-state index contributed by atoms with van der Waals surface area (Å²) < 4.78 is 5.34. The van der Waals surface area contributed by atoms with Crippen LogP contribution in [-0.2, 0) is 9.59 Å². The van der Waals surface area contributed by atoms with Crippen LogP contribution < -0.4 is 9.64 Å². The number of carbonyl (C=O) groups excluding carboxylic acids is 2. The quantitative estimate of drug-likeness (QED) is 0.549. The number of rotatable bonds is 7. The molecule has 1 aliphatic carbocycles. The maximum Gasteiger partial charge on any atom is 0.271 e. The highest BCUT2D eigenvalue weighted by atomic mass is 16.6. The van der Waals surface area contributed by atoms with Crippen molar-refractivity contribution in [2.75, 3.05) is 24.6 Å². The van der Waals surface area contributed by atoms with E-state index in [-0.39, 0.29) is 42.4 Å². The van der Waals surface area contributed by atoms with Gasteiger partial charge in [-0.2, -0.15) is 0 Å². The molecule has 2 aliphatic rings. The van der Waals surface area contributed by atoms with Gasteiger partial charge in [-0.05, 0) is 31.2 Å². The zero-order valence-corrected chi connectivity index (χ0v) is 15.0. The van der Waals surface area contributed by atoms with Gasteiger partial charge in [-0.1, -0.05) is 13.8 Å². The lowest BCUT2D eigenvalue weighted by molar-refractivity contribution is -0.384. The fourth-order valence-corrected chi connectivity index (χ4v) is 3.00. The fourth-order valence-electron chi connectivity index (χ4n) is 3.00. The Kier molecular flexibility index (Phi) is 5.11. The highest BCUT2D eigenvalue weighted by Gasteiger charge is 2.35. The summed E-state index contributed by atoms with van der Waals surface area (Å²) in [6, 6.07) is 4.33. The first-order valence-electron chi connectivity index (χ1n) is 8.88. The average molecular weight is 361 g/mol. The summed E-state index contributed by atoms with van der Waals surface area (Å²) in [5.41, 5.74) is 0.141. The summed E-state index contributed by atoms with van der Waals surface area (Å²) >= 11 is 0. The molecule has 0 bridgehead atoms. The van der Waals surface area contributed by atoms with E-state index >= 15 is 0 Å². The predicted octanol–water partition coefficient (Wildman–Crippen LogP) is 2.36. The van der Waals surface area contributed by atoms with E-state index in [1.54, 1.807) is 0 Å². The van der Waals surface area contributed by atoms with Gasteiger partial charge in [-0.15, -0.1) is 0 Å². The van der Waals surface area contributed by atoms with E-state index in [4.69, 9.17) is 4.74 Å². The number of hydrogen-bond donors (Lipinski definition) is 0. The van der Waals surface area contributed by atoms with E-state index in [2.05, 4.69) is 13.8 Å². The van der Waals surface area contributed by atoms with Crippen molar-refractivity contribution in [3.63, 3.8) is 0 Å². The van der Waals surface area contributed by atoms with Gasteiger partial charge in [0.2, 0.25) is 5.91 Å². The highest BCUT2D eigenvalue weighted by Crippen LogP contribution is 2.35. The van der Waals surface area contributed by atoms with Crippen molar-refractivity contribution in [3.05, 3.63) is 28.3 Å². The van der Waals surface area contributed by atoms with Crippen LogP contribution in [0.25, 0.3) is 0 Å². The van der Waals surface area contributed by atoms with E-state index in [1.165, 1.54) is 23.1 Å². The first-order chi connectivity index (χ1) is 12.4. The van der Waals surface area contributed by atoms with Gasteiger partial charge in [0.15, 0.2) is 6.61 Å². The van der Waals surface area contributed by atoms with Crippen molar-refractivity contribution >= 4 is 23.2 Å². The molecule has 1 aromatic rings. The molecule has 0 unspecified atom stereocenters.